The molecule has 8 heteroatoms. The molecule has 0 aliphatic rings. The summed E-state index contributed by atoms with van der Waals surface area (Å²) in [5.74, 6) is 2.32. The van der Waals surface area contributed by atoms with Crippen molar-refractivity contribution in [3.05, 3.63) is 17.7 Å². The molecule has 3 N–H and O–H groups in total. The Kier molecular flexibility index (Phi) is 9.34. The van der Waals surface area contributed by atoms with Crippen molar-refractivity contribution in [3.8, 4) is 6.19 Å². The second-order valence-electron chi connectivity index (χ2n) is 3.26. The first kappa shape index (κ1) is 16.9. The Morgan fingerprint density at radius 2 is 2.44 bits per heavy atom. The van der Waals surface area contributed by atoms with Crippen LogP contribution in [0.15, 0.2) is 11.3 Å². The van der Waals surface area contributed by atoms with E-state index in [1.165, 1.54) is 0 Å². The number of H-pyrrole nitrogens is 1. The van der Waals surface area contributed by atoms with Crippen molar-refractivity contribution in [3.63, 3.8) is 0 Å². The number of nitriles is 1. The maximum Gasteiger partial charge on any atom is 0.209 e. The molecule has 1 aromatic rings. The predicted octanol–water partition coefficient (Wildman–Crippen LogP) is 0.595. The smallest absolute Gasteiger partial charge is 0.209 e. The fourth-order valence-corrected chi connectivity index (χ4v) is 2.05. The van der Waals surface area contributed by atoms with Crippen molar-refractivity contribution in [1.29, 1.82) is 5.26 Å². The van der Waals surface area contributed by atoms with Crippen LogP contribution in [0.25, 0.3) is 0 Å². The molecule has 0 atom stereocenters. The molecule has 1 heterocycles. The van der Waals surface area contributed by atoms with E-state index in [-0.39, 0.29) is 19.5 Å². The number of aryl methyl sites for hydroxylation is 1. The number of hydrogen-bond donors (Lipinski definition) is 3. The van der Waals surface area contributed by atoms with Gasteiger partial charge >= 0.3 is 0 Å². The Balaban J connectivity index is 0.00000289. The normalized spacial score (nSPS) is 10.4. The van der Waals surface area contributed by atoms with Gasteiger partial charge in [-0.2, -0.15) is 17.0 Å². The quantitative estimate of drug-likeness (QED) is 0.243. The largest absolute Gasteiger partial charge is 0.359 e. The van der Waals surface area contributed by atoms with E-state index < -0.39 is 0 Å². The van der Waals surface area contributed by atoms with Gasteiger partial charge in [-0.3, -0.25) is 0 Å². The first-order valence-corrected chi connectivity index (χ1v) is 6.38. The molecule has 0 unspecified atom stereocenters. The maximum atomic E-state index is 8.39. The van der Waals surface area contributed by atoms with Gasteiger partial charge in [0.1, 0.15) is 0 Å². The van der Waals surface area contributed by atoms with Crippen molar-refractivity contribution in [2.24, 2.45) is 4.99 Å². The van der Waals surface area contributed by atoms with Crippen LogP contribution in [-0.4, -0.2) is 35.3 Å². The minimum Gasteiger partial charge on any atom is -0.359 e. The molecule has 1 aromatic heterocycles. The summed E-state index contributed by atoms with van der Waals surface area (Å²) in [5.41, 5.74) is 2.21. The maximum absolute atomic E-state index is 8.39. The van der Waals surface area contributed by atoms with Crippen molar-refractivity contribution >= 4 is 17.7 Å². The zero-order valence-electron chi connectivity index (χ0n) is 10.7. The number of guanidine groups is 1. The fourth-order valence-electron chi connectivity index (χ4n) is 1.18. The average molecular weight is 318 g/mol. The molecular formula is C10H16N6SZn. The number of aromatic nitrogens is 2. The molecule has 0 aromatic carbocycles. The topological polar surface area (TPSA) is 88.9 Å². The van der Waals surface area contributed by atoms with Crippen molar-refractivity contribution < 1.29 is 19.5 Å². The van der Waals surface area contributed by atoms with Gasteiger partial charge in [0.25, 0.3) is 0 Å². The third kappa shape index (κ3) is 6.03. The van der Waals surface area contributed by atoms with Crippen LogP contribution in [-0.2, 0) is 25.2 Å². The van der Waals surface area contributed by atoms with Crippen LogP contribution in [0, 0.1) is 18.4 Å². The van der Waals surface area contributed by atoms with Gasteiger partial charge < -0.3 is 15.6 Å². The summed E-state index contributed by atoms with van der Waals surface area (Å²) in [6.45, 7) is 2.77. The van der Waals surface area contributed by atoms with Gasteiger partial charge in [-0.25, -0.2) is 4.98 Å². The molecule has 18 heavy (non-hydrogen) atoms. The fraction of sp³-hybridized carbons (Fsp3) is 0.500. The Hall–Kier alpha value is -1.06. The van der Waals surface area contributed by atoms with Crippen molar-refractivity contribution in [2.45, 2.75) is 12.7 Å². The molecule has 94 valence electrons. The first-order valence-electron chi connectivity index (χ1n) is 5.23. The number of rotatable bonds is 5. The minimum atomic E-state index is 0. The molecule has 0 bridgehead atoms. The van der Waals surface area contributed by atoms with Crippen LogP contribution in [0.5, 0.6) is 0 Å². The van der Waals surface area contributed by atoms with E-state index >= 15 is 0 Å². The number of aromatic amines is 1. The van der Waals surface area contributed by atoms with Crippen LogP contribution in [0.4, 0.5) is 0 Å². The summed E-state index contributed by atoms with van der Waals surface area (Å²) in [4.78, 5) is 10.8. The summed E-state index contributed by atoms with van der Waals surface area (Å²) < 4.78 is 0. The molecule has 6 nitrogen and oxygen atoms in total. The summed E-state index contributed by atoms with van der Waals surface area (Å²) in [7, 11) is 1.73. The van der Waals surface area contributed by atoms with Crippen molar-refractivity contribution in [1.82, 2.24) is 20.6 Å². The van der Waals surface area contributed by atoms with Crippen LogP contribution in [0.3, 0.4) is 0 Å². The van der Waals surface area contributed by atoms with E-state index in [1.807, 2.05) is 6.92 Å². The molecule has 0 aliphatic carbocycles. The molecule has 0 aliphatic heterocycles. The number of thioether (sulfide) groups is 1. The molecule has 0 fully saturated rings. The minimum absolute atomic E-state index is 0. The molecular weight excluding hydrogens is 302 g/mol. The summed E-state index contributed by atoms with van der Waals surface area (Å²) >= 11 is 1.79. The first-order chi connectivity index (χ1) is 8.27. The Bertz CT molecular complexity index is 411. The molecule has 0 radical (unpaired) electrons. The van der Waals surface area contributed by atoms with E-state index in [1.54, 1.807) is 31.3 Å². The number of aliphatic imine (C=N–C) groups is 1. The second-order valence-corrected chi connectivity index (χ2v) is 4.37. The zero-order valence-corrected chi connectivity index (χ0v) is 14.4. The van der Waals surface area contributed by atoms with Gasteiger partial charge in [0.05, 0.1) is 12.0 Å². The molecule has 0 amide bonds. The van der Waals surface area contributed by atoms with E-state index in [9.17, 15) is 0 Å². The van der Waals surface area contributed by atoms with Gasteiger partial charge in [-0.05, 0) is 6.92 Å². The second kappa shape index (κ2) is 9.92. The monoisotopic (exact) mass is 316 g/mol. The van der Waals surface area contributed by atoms with Crippen LogP contribution >= 0.6 is 11.8 Å². The summed E-state index contributed by atoms with van der Waals surface area (Å²) in [6.07, 6.45) is 3.44. The molecule has 0 saturated heterocycles. The van der Waals surface area contributed by atoms with E-state index in [4.69, 9.17) is 5.26 Å². The van der Waals surface area contributed by atoms with Crippen LogP contribution < -0.4 is 10.6 Å². The number of nitrogens with one attached hydrogen (secondary N) is 3. The Morgan fingerprint density at radius 1 is 1.67 bits per heavy atom. The van der Waals surface area contributed by atoms with Gasteiger partial charge in [-0.15, -0.1) is 4.99 Å². The standard InChI is InChI=1S/C10H16N6S.Zn/c1-8-9(16-7-15-8)5-17-4-3-13-10(12-2)14-6-11;/h7H,3-5H2,1-2H3,(H,15,16)(H2,12,13,14);. The zero-order chi connectivity index (χ0) is 12.5. The summed E-state index contributed by atoms with van der Waals surface area (Å²) in [5, 5.41) is 14.2. The van der Waals surface area contributed by atoms with Gasteiger partial charge in [0.15, 0.2) is 0 Å². The number of imidazole rings is 1. The SMILES string of the molecule is CN/C(=N/C#N)NCCSCc1nc[nH]c1C.[Zn]. The third-order valence-corrected chi connectivity index (χ3v) is 3.08. The average Bonchev–Trinajstić information content (AvgIpc) is 2.73. The number of hydrogen-bond acceptors (Lipinski definition) is 4. The molecule has 0 saturated carbocycles. The predicted molar refractivity (Wildman–Crippen MR) is 69.6 cm³/mol. The van der Waals surface area contributed by atoms with Gasteiger partial charge in [-0.1, -0.05) is 0 Å². The molecule has 0 spiro atoms. The molecule has 1 rings (SSSR count). The van der Waals surface area contributed by atoms with E-state index in [0.29, 0.717) is 5.96 Å². The third-order valence-electron chi connectivity index (χ3n) is 2.11. The van der Waals surface area contributed by atoms with E-state index in [2.05, 4.69) is 25.6 Å². The van der Waals surface area contributed by atoms with Crippen LogP contribution in [0.1, 0.15) is 11.4 Å². The van der Waals surface area contributed by atoms with Gasteiger partial charge in [0.2, 0.25) is 12.2 Å². The van der Waals surface area contributed by atoms with Crippen molar-refractivity contribution in [2.75, 3.05) is 19.3 Å². The number of nitrogens with zero attached hydrogens (tertiary/aromatic N) is 3. The Morgan fingerprint density at radius 3 is 3.00 bits per heavy atom. The Labute approximate surface area is 124 Å². The summed E-state index contributed by atoms with van der Waals surface area (Å²) in [6, 6.07) is 0. The van der Waals surface area contributed by atoms with Gasteiger partial charge in [0, 0.05) is 50.3 Å². The van der Waals surface area contributed by atoms with Crippen LogP contribution in [0.2, 0.25) is 0 Å². The van der Waals surface area contributed by atoms with E-state index in [0.717, 1.165) is 29.4 Å².